The number of thiazole rings is 1. The third-order valence-electron chi connectivity index (χ3n) is 4.00. The highest BCUT2D eigenvalue weighted by Gasteiger charge is 2.08. The largest absolute Gasteiger partial charge is 0.324 e. The number of hydrogen-bond acceptors (Lipinski definition) is 5. The summed E-state index contributed by atoms with van der Waals surface area (Å²) in [6.45, 7) is 2.04. The second kappa shape index (κ2) is 7.45. The van der Waals surface area contributed by atoms with Crippen molar-refractivity contribution in [3.8, 4) is 10.7 Å². The molecule has 0 unspecified atom stereocenters. The van der Waals surface area contributed by atoms with Gasteiger partial charge in [-0.3, -0.25) is 0 Å². The highest BCUT2D eigenvalue weighted by molar-refractivity contribution is 7.14. The second-order valence-corrected chi connectivity index (χ2v) is 7.22. The first-order chi connectivity index (χ1) is 12.8. The summed E-state index contributed by atoms with van der Waals surface area (Å²) < 4.78 is 0. The van der Waals surface area contributed by atoms with E-state index < -0.39 is 0 Å². The summed E-state index contributed by atoms with van der Waals surface area (Å²) in [7, 11) is 0. The Hall–Kier alpha value is -3.05. The van der Waals surface area contributed by atoms with Gasteiger partial charge in [-0.05, 0) is 36.6 Å². The summed E-state index contributed by atoms with van der Waals surface area (Å²) in [5, 5.41) is 4.27. The zero-order valence-corrected chi connectivity index (χ0v) is 15.2. The second-order valence-electron chi connectivity index (χ2n) is 5.99. The third-order valence-corrected chi connectivity index (χ3v) is 4.93. The molecule has 26 heavy (non-hydrogen) atoms. The van der Waals surface area contributed by atoms with Crippen LogP contribution >= 0.6 is 11.3 Å². The molecule has 0 spiro atoms. The smallest absolute Gasteiger partial charge is 0.227 e. The van der Waals surface area contributed by atoms with E-state index in [1.54, 1.807) is 17.5 Å². The topological polar surface area (TPSA) is 50.7 Å². The molecule has 128 valence electrons. The lowest BCUT2D eigenvalue weighted by atomic mass is 10.0. The summed E-state index contributed by atoms with van der Waals surface area (Å²) in [5.41, 5.74) is 4.33. The van der Waals surface area contributed by atoms with Crippen molar-refractivity contribution in [1.29, 1.82) is 0 Å². The molecular formula is C21H18N4S. The van der Waals surface area contributed by atoms with Crippen molar-refractivity contribution in [3.63, 3.8) is 0 Å². The van der Waals surface area contributed by atoms with Crippen LogP contribution in [0, 0.1) is 6.92 Å². The molecule has 0 saturated carbocycles. The average molecular weight is 358 g/mol. The summed E-state index contributed by atoms with van der Waals surface area (Å²) in [6, 6.07) is 20.6. The Kier molecular flexibility index (Phi) is 4.71. The summed E-state index contributed by atoms with van der Waals surface area (Å²) in [5.74, 6) is 0.580. The Morgan fingerprint density at radius 1 is 0.923 bits per heavy atom. The van der Waals surface area contributed by atoms with E-state index in [1.165, 1.54) is 16.0 Å². The Balaban J connectivity index is 1.60. The first-order valence-electron chi connectivity index (χ1n) is 8.42. The molecule has 0 fully saturated rings. The summed E-state index contributed by atoms with van der Waals surface area (Å²) in [4.78, 5) is 14.6. The SMILES string of the molecule is Cc1cnc(-c2ccnc(Nc3ccccc3Cc3ccccc3)n2)s1. The normalized spacial score (nSPS) is 10.7. The average Bonchev–Trinajstić information content (AvgIpc) is 3.11. The molecule has 0 radical (unpaired) electrons. The molecule has 0 amide bonds. The van der Waals surface area contributed by atoms with E-state index in [9.17, 15) is 0 Å². The minimum absolute atomic E-state index is 0.580. The van der Waals surface area contributed by atoms with Crippen LogP contribution in [0.25, 0.3) is 10.7 Å². The molecule has 0 aliphatic carbocycles. The quantitative estimate of drug-likeness (QED) is 0.530. The fourth-order valence-corrected chi connectivity index (χ4v) is 3.48. The monoisotopic (exact) mass is 358 g/mol. The van der Waals surface area contributed by atoms with E-state index in [4.69, 9.17) is 0 Å². The van der Waals surface area contributed by atoms with E-state index >= 15 is 0 Å². The van der Waals surface area contributed by atoms with E-state index in [0.29, 0.717) is 5.95 Å². The number of rotatable bonds is 5. The number of para-hydroxylation sites is 1. The molecule has 2 aromatic carbocycles. The first kappa shape index (κ1) is 16.4. The highest BCUT2D eigenvalue weighted by Crippen LogP contribution is 2.25. The molecule has 4 rings (SSSR count). The lowest BCUT2D eigenvalue weighted by Crippen LogP contribution is -2.01. The van der Waals surface area contributed by atoms with Crippen LogP contribution in [0.4, 0.5) is 11.6 Å². The van der Waals surface area contributed by atoms with Gasteiger partial charge in [0.05, 0.1) is 0 Å². The Bertz CT molecular complexity index is 1010. The molecule has 2 aromatic heterocycles. The van der Waals surface area contributed by atoms with Gasteiger partial charge in [0.15, 0.2) is 0 Å². The van der Waals surface area contributed by atoms with Gasteiger partial charge in [-0.15, -0.1) is 11.3 Å². The fraction of sp³-hybridized carbons (Fsp3) is 0.0952. The van der Waals surface area contributed by atoms with Crippen molar-refractivity contribution in [2.45, 2.75) is 13.3 Å². The maximum Gasteiger partial charge on any atom is 0.227 e. The zero-order chi connectivity index (χ0) is 17.8. The first-order valence-corrected chi connectivity index (χ1v) is 9.24. The maximum absolute atomic E-state index is 4.63. The molecule has 0 aliphatic rings. The van der Waals surface area contributed by atoms with E-state index in [-0.39, 0.29) is 0 Å². The van der Waals surface area contributed by atoms with Gasteiger partial charge in [0.1, 0.15) is 10.7 Å². The number of nitrogens with one attached hydrogen (secondary N) is 1. The third kappa shape index (κ3) is 3.78. The van der Waals surface area contributed by atoms with Crippen LogP contribution in [0.5, 0.6) is 0 Å². The Morgan fingerprint density at radius 3 is 2.54 bits per heavy atom. The molecule has 4 aromatic rings. The van der Waals surface area contributed by atoms with Crippen molar-refractivity contribution in [2.75, 3.05) is 5.32 Å². The maximum atomic E-state index is 4.63. The van der Waals surface area contributed by atoms with Gasteiger partial charge in [0.2, 0.25) is 5.95 Å². The highest BCUT2D eigenvalue weighted by atomic mass is 32.1. The minimum Gasteiger partial charge on any atom is -0.324 e. The Morgan fingerprint density at radius 2 is 1.73 bits per heavy atom. The molecule has 0 bridgehead atoms. The van der Waals surface area contributed by atoms with Gasteiger partial charge >= 0.3 is 0 Å². The van der Waals surface area contributed by atoms with Crippen molar-refractivity contribution in [1.82, 2.24) is 15.0 Å². The van der Waals surface area contributed by atoms with Gasteiger partial charge in [-0.2, -0.15) is 0 Å². The molecule has 4 nitrogen and oxygen atoms in total. The van der Waals surface area contributed by atoms with Crippen LogP contribution in [0.3, 0.4) is 0 Å². The lowest BCUT2D eigenvalue weighted by molar-refractivity contribution is 1.14. The van der Waals surface area contributed by atoms with Crippen molar-refractivity contribution < 1.29 is 0 Å². The van der Waals surface area contributed by atoms with Crippen LogP contribution in [-0.2, 0) is 6.42 Å². The van der Waals surface area contributed by atoms with Crippen LogP contribution < -0.4 is 5.32 Å². The molecule has 0 atom stereocenters. The van der Waals surface area contributed by atoms with Crippen LogP contribution in [0.1, 0.15) is 16.0 Å². The van der Waals surface area contributed by atoms with Gasteiger partial charge in [0, 0.05) is 23.0 Å². The van der Waals surface area contributed by atoms with Crippen LogP contribution in [0.2, 0.25) is 0 Å². The van der Waals surface area contributed by atoms with Gasteiger partial charge < -0.3 is 5.32 Å². The van der Waals surface area contributed by atoms with E-state index in [0.717, 1.165) is 22.8 Å². The summed E-state index contributed by atoms with van der Waals surface area (Å²) in [6.07, 6.45) is 4.49. The minimum atomic E-state index is 0.580. The number of aryl methyl sites for hydroxylation is 1. The number of hydrogen-bond donors (Lipinski definition) is 1. The zero-order valence-electron chi connectivity index (χ0n) is 14.4. The van der Waals surface area contributed by atoms with E-state index in [2.05, 4.69) is 62.7 Å². The van der Waals surface area contributed by atoms with E-state index in [1.807, 2.05) is 31.3 Å². The molecule has 1 N–H and O–H groups in total. The van der Waals surface area contributed by atoms with Crippen molar-refractivity contribution in [3.05, 3.63) is 89.1 Å². The summed E-state index contributed by atoms with van der Waals surface area (Å²) >= 11 is 1.63. The number of aromatic nitrogens is 3. The number of anilines is 2. The van der Waals surface area contributed by atoms with Gasteiger partial charge in [0.25, 0.3) is 0 Å². The number of benzene rings is 2. The molecule has 0 saturated heterocycles. The van der Waals surface area contributed by atoms with Gasteiger partial charge in [-0.25, -0.2) is 15.0 Å². The fourth-order valence-electron chi connectivity index (χ4n) is 2.74. The van der Waals surface area contributed by atoms with Crippen molar-refractivity contribution in [2.24, 2.45) is 0 Å². The number of nitrogens with zero attached hydrogens (tertiary/aromatic N) is 3. The van der Waals surface area contributed by atoms with Crippen LogP contribution in [0.15, 0.2) is 73.1 Å². The standard InChI is InChI=1S/C21H18N4S/c1-15-14-23-20(26-15)19-11-12-22-21(25-19)24-18-10-6-5-9-17(18)13-16-7-3-2-4-8-16/h2-12,14H,13H2,1H3,(H,22,24,25). The predicted octanol–water partition coefficient (Wildman–Crippen LogP) is 5.24. The lowest BCUT2D eigenvalue weighted by Gasteiger charge is -2.11. The Labute approximate surface area is 156 Å². The predicted molar refractivity (Wildman–Crippen MR) is 107 cm³/mol. The van der Waals surface area contributed by atoms with Gasteiger partial charge in [-0.1, -0.05) is 48.5 Å². The molecule has 2 heterocycles. The van der Waals surface area contributed by atoms with Crippen LogP contribution in [-0.4, -0.2) is 15.0 Å². The molecule has 0 aliphatic heterocycles. The molecular weight excluding hydrogens is 340 g/mol. The van der Waals surface area contributed by atoms with Crippen molar-refractivity contribution >= 4 is 23.0 Å². The molecule has 5 heteroatoms.